The van der Waals surface area contributed by atoms with Gasteiger partial charge in [-0.05, 0) is 43.3 Å². The van der Waals surface area contributed by atoms with Crippen molar-refractivity contribution in [1.29, 1.82) is 0 Å². The molecule has 1 spiro atoms. The Morgan fingerprint density at radius 1 is 0.946 bits per heavy atom. The van der Waals surface area contributed by atoms with Crippen LogP contribution in [0.15, 0.2) is 66.7 Å². The van der Waals surface area contributed by atoms with Crippen molar-refractivity contribution in [2.45, 2.75) is 24.9 Å². The maximum Gasteiger partial charge on any atom is 0.180 e. The first-order chi connectivity index (χ1) is 17.8. The van der Waals surface area contributed by atoms with Crippen molar-refractivity contribution < 1.29 is 28.2 Å². The van der Waals surface area contributed by atoms with Gasteiger partial charge in [0, 0.05) is 33.9 Å². The molecule has 2 aliphatic heterocycles. The Hall–Kier alpha value is -4.26. The zero-order valence-corrected chi connectivity index (χ0v) is 20.5. The summed E-state index contributed by atoms with van der Waals surface area (Å²) in [7, 11) is 3.03. The topological polar surface area (TPSA) is 72.9 Å². The van der Waals surface area contributed by atoms with Crippen LogP contribution in [0.25, 0.3) is 6.08 Å². The molecule has 0 saturated carbocycles. The normalized spacial score (nSPS) is 22.6. The van der Waals surface area contributed by atoms with E-state index in [1.165, 1.54) is 33.3 Å². The minimum absolute atomic E-state index is 0.223. The van der Waals surface area contributed by atoms with E-state index in [1.54, 1.807) is 60.7 Å². The van der Waals surface area contributed by atoms with Crippen molar-refractivity contribution in [2.24, 2.45) is 5.41 Å². The monoisotopic (exact) mass is 497 g/mol. The standard InChI is InChI=1S/C30H24FNO5/c1-16(33)27-26(22-15-19(36-2)10-12-24(22)37-3)30(28(34)20-6-4-5-7-21(20)29(30)35)25-13-8-17-14-18(31)9-11-23(17)32(25)27/h4-15,25-27H,1-3H3/t25-,26+,27+/m0/s1. The Morgan fingerprint density at radius 2 is 1.65 bits per heavy atom. The molecule has 1 fully saturated rings. The molecule has 3 aromatic rings. The largest absolute Gasteiger partial charge is 0.497 e. The summed E-state index contributed by atoms with van der Waals surface area (Å²) in [5.41, 5.74) is 0.731. The summed E-state index contributed by atoms with van der Waals surface area (Å²) >= 11 is 0. The van der Waals surface area contributed by atoms with E-state index in [0.717, 1.165) is 0 Å². The number of Topliss-reactive ketones (excluding diaryl/α,β-unsaturated/α-hetero) is 3. The minimum Gasteiger partial charge on any atom is -0.497 e. The Labute approximate surface area is 213 Å². The fourth-order valence-corrected chi connectivity index (χ4v) is 6.53. The highest BCUT2D eigenvalue weighted by Crippen LogP contribution is 2.61. The molecule has 0 radical (unpaired) electrons. The van der Waals surface area contributed by atoms with E-state index in [-0.39, 0.29) is 17.3 Å². The summed E-state index contributed by atoms with van der Waals surface area (Å²) in [4.78, 5) is 44.2. The van der Waals surface area contributed by atoms with Gasteiger partial charge < -0.3 is 14.4 Å². The zero-order valence-electron chi connectivity index (χ0n) is 20.5. The summed E-state index contributed by atoms with van der Waals surface area (Å²) in [5, 5.41) is 0. The smallest absolute Gasteiger partial charge is 0.180 e. The van der Waals surface area contributed by atoms with Crippen LogP contribution in [0.5, 0.6) is 11.5 Å². The molecule has 0 unspecified atom stereocenters. The summed E-state index contributed by atoms with van der Waals surface area (Å²) in [6.45, 7) is 1.46. The zero-order chi connectivity index (χ0) is 26.1. The molecule has 3 aromatic carbocycles. The fraction of sp³-hybridized carbons (Fsp3) is 0.233. The second kappa shape index (κ2) is 8.13. The SMILES string of the molecule is COc1ccc(OC)c([C@@H]2[C@@H](C(C)=O)N3c4ccc(F)cc4C=C[C@H]3C23C(=O)c2ccccc2C3=O)c1. The van der Waals surface area contributed by atoms with Gasteiger partial charge in [0.2, 0.25) is 0 Å². The molecule has 2 heterocycles. The molecular formula is C30H24FNO5. The first-order valence-corrected chi connectivity index (χ1v) is 12.0. The third kappa shape index (κ3) is 2.94. The Bertz CT molecular complexity index is 1490. The molecule has 186 valence electrons. The molecule has 6 rings (SSSR count). The van der Waals surface area contributed by atoms with Gasteiger partial charge in [-0.3, -0.25) is 14.4 Å². The van der Waals surface area contributed by atoms with Crippen LogP contribution in [-0.2, 0) is 4.79 Å². The van der Waals surface area contributed by atoms with Crippen LogP contribution < -0.4 is 14.4 Å². The molecule has 37 heavy (non-hydrogen) atoms. The average Bonchev–Trinajstić information content (AvgIpc) is 3.34. The quantitative estimate of drug-likeness (QED) is 0.479. The highest BCUT2D eigenvalue weighted by molar-refractivity contribution is 6.32. The molecule has 7 heteroatoms. The molecule has 1 aliphatic carbocycles. The van der Waals surface area contributed by atoms with Gasteiger partial charge in [0.05, 0.1) is 26.3 Å². The number of carbonyl (C=O) groups excluding carboxylic acids is 3. The first-order valence-electron chi connectivity index (χ1n) is 12.0. The van der Waals surface area contributed by atoms with Crippen LogP contribution in [0.2, 0.25) is 0 Å². The Morgan fingerprint density at radius 3 is 2.27 bits per heavy atom. The molecular weight excluding hydrogens is 473 g/mol. The number of halogens is 1. The molecule has 3 atom stereocenters. The van der Waals surface area contributed by atoms with Gasteiger partial charge >= 0.3 is 0 Å². The number of carbonyl (C=O) groups is 3. The Kier molecular flexibility index (Phi) is 5.09. The van der Waals surface area contributed by atoms with Gasteiger partial charge in [-0.2, -0.15) is 0 Å². The number of hydrogen-bond donors (Lipinski definition) is 0. The van der Waals surface area contributed by atoms with Crippen molar-refractivity contribution in [3.05, 3.63) is 94.8 Å². The highest BCUT2D eigenvalue weighted by atomic mass is 19.1. The van der Waals surface area contributed by atoms with Gasteiger partial charge in [-0.15, -0.1) is 0 Å². The predicted octanol–water partition coefficient (Wildman–Crippen LogP) is 4.87. The summed E-state index contributed by atoms with van der Waals surface area (Å²) in [6.07, 6.45) is 3.49. The third-order valence-electron chi connectivity index (χ3n) is 7.95. The van der Waals surface area contributed by atoms with E-state index in [9.17, 15) is 18.8 Å². The number of nitrogens with zero attached hydrogens (tertiary/aromatic N) is 1. The molecule has 0 bridgehead atoms. The number of ether oxygens (including phenoxy) is 2. The van der Waals surface area contributed by atoms with Crippen LogP contribution in [0, 0.1) is 11.2 Å². The van der Waals surface area contributed by atoms with Gasteiger partial charge in [0.15, 0.2) is 17.3 Å². The number of fused-ring (bicyclic) bond motifs is 5. The number of hydrogen-bond acceptors (Lipinski definition) is 6. The first kappa shape index (κ1) is 23.2. The van der Waals surface area contributed by atoms with Crippen LogP contribution in [0.3, 0.4) is 0 Å². The number of rotatable bonds is 4. The van der Waals surface area contributed by atoms with E-state index < -0.39 is 29.2 Å². The molecule has 3 aliphatic rings. The lowest BCUT2D eigenvalue weighted by Gasteiger charge is -2.37. The Balaban J connectivity index is 1.71. The number of benzene rings is 3. The van der Waals surface area contributed by atoms with Gasteiger partial charge in [-0.25, -0.2) is 4.39 Å². The van der Waals surface area contributed by atoms with Crippen molar-refractivity contribution in [1.82, 2.24) is 0 Å². The lowest BCUT2D eigenvalue weighted by molar-refractivity contribution is -0.118. The van der Waals surface area contributed by atoms with Crippen molar-refractivity contribution in [3.63, 3.8) is 0 Å². The van der Waals surface area contributed by atoms with E-state index in [0.29, 0.717) is 39.4 Å². The van der Waals surface area contributed by atoms with Gasteiger partial charge in [0.1, 0.15) is 22.7 Å². The second-order valence-electron chi connectivity index (χ2n) is 9.63. The van der Waals surface area contributed by atoms with Crippen molar-refractivity contribution in [2.75, 3.05) is 19.1 Å². The maximum absolute atomic E-state index is 14.4. The molecule has 0 N–H and O–H groups in total. The van der Waals surface area contributed by atoms with E-state index >= 15 is 0 Å². The molecule has 1 saturated heterocycles. The maximum atomic E-state index is 14.4. The molecule has 6 nitrogen and oxygen atoms in total. The summed E-state index contributed by atoms with van der Waals surface area (Å²) in [6, 6.07) is 14.6. The molecule has 0 amide bonds. The minimum atomic E-state index is -1.64. The predicted molar refractivity (Wildman–Crippen MR) is 136 cm³/mol. The van der Waals surface area contributed by atoms with E-state index in [4.69, 9.17) is 9.47 Å². The summed E-state index contributed by atoms with van der Waals surface area (Å²) < 4.78 is 25.3. The number of ketones is 3. The number of methoxy groups -OCH3 is 2. The van der Waals surface area contributed by atoms with Crippen molar-refractivity contribution >= 4 is 29.1 Å². The fourth-order valence-electron chi connectivity index (χ4n) is 6.53. The van der Waals surface area contributed by atoms with Crippen LogP contribution >= 0.6 is 0 Å². The lowest BCUT2D eigenvalue weighted by Crippen LogP contribution is -2.48. The van der Waals surface area contributed by atoms with E-state index in [2.05, 4.69) is 0 Å². The van der Waals surface area contributed by atoms with Gasteiger partial charge in [0.25, 0.3) is 0 Å². The average molecular weight is 498 g/mol. The second-order valence-corrected chi connectivity index (χ2v) is 9.63. The van der Waals surface area contributed by atoms with Gasteiger partial charge in [-0.1, -0.05) is 36.4 Å². The lowest BCUT2D eigenvalue weighted by atomic mass is 9.64. The van der Waals surface area contributed by atoms with Crippen molar-refractivity contribution in [3.8, 4) is 11.5 Å². The van der Waals surface area contributed by atoms with E-state index in [1.807, 2.05) is 4.90 Å². The van der Waals surface area contributed by atoms with Crippen LogP contribution in [-0.4, -0.2) is 43.7 Å². The summed E-state index contributed by atoms with van der Waals surface area (Å²) in [5.74, 6) is -1.26. The van der Waals surface area contributed by atoms with Crippen LogP contribution in [0.4, 0.5) is 10.1 Å². The molecule has 0 aromatic heterocycles. The van der Waals surface area contributed by atoms with Crippen LogP contribution in [0.1, 0.15) is 44.7 Å². The number of anilines is 1. The third-order valence-corrected chi connectivity index (χ3v) is 7.95. The highest BCUT2D eigenvalue weighted by Gasteiger charge is 2.71.